The second-order valence-electron chi connectivity index (χ2n) is 9.18. The van der Waals surface area contributed by atoms with Crippen LogP contribution in [0.3, 0.4) is 0 Å². The van der Waals surface area contributed by atoms with Gasteiger partial charge >= 0.3 is 6.09 Å². The van der Waals surface area contributed by atoms with Crippen molar-refractivity contribution in [3.05, 3.63) is 70.7 Å². The molecule has 2 aromatic carbocycles. The van der Waals surface area contributed by atoms with Crippen LogP contribution in [0, 0.1) is 0 Å². The van der Waals surface area contributed by atoms with Crippen LogP contribution in [0.5, 0.6) is 0 Å². The molecule has 1 aliphatic heterocycles. The topological polar surface area (TPSA) is 58.8 Å². The maximum absolute atomic E-state index is 12.5. The molecule has 0 bridgehead atoms. The summed E-state index contributed by atoms with van der Waals surface area (Å²) in [6.07, 6.45) is 3.72. The van der Waals surface area contributed by atoms with Crippen molar-refractivity contribution in [3.8, 4) is 0 Å². The van der Waals surface area contributed by atoms with Crippen LogP contribution >= 0.6 is 11.6 Å². The Morgan fingerprint density at radius 2 is 1.68 bits per heavy atom. The first kappa shape index (κ1) is 22.1. The molecule has 2 fully saturated rings. The largest absolute Gasteiger partial charge is 0.445 e. The molecule has 2 aromatic rings. The fourth-order valence-corrected chi connectivity index (χ4v) is 5.07. The first-order valence-electron chi connectivity index (χ1n) is 11.1. The summed E-state index contributed by atoms with van der Waals surface area (Å²) in [6, 6.07) is 17.8. The SMILES string of the molecule is CC1(N2CCN(C(=O)OCc3ccccc3)CC2)CCC(N)(c2cccc(Cl)c2)CC1. The summed E-state index contributed by atoms with van der Waals surface area (Å²) in [5.74, 6) is 0. The Kier molecular flexibility index (Phi) is 6.56. The third-order valence-corrected chi connectivity index (χ3v) is 7.36. The van der Waals surface area contributed by atoms with E-state index in [-0.39, 0.29) is 17.2 Å². The number of hydrogen-bond acceptors (Lipinski definition) is 4. The minimum Gasteiger partial charge on any atom is -0.445 e. The Labute approximate surface area is 190 Å². The van der Waals surface area contributed by atoms with Crippen molar-refractivity contribution < 1.29 is 9.53 Å². The van der Waals surface area contributed by atoms with Crippen molar-refractivity contribution in [1.82, 2.24) is 9.80 Å². The van der Waals surface area contributed by atoms with E-state index in [1.165, 1.54) is 0 Å². The van der Waals surface area contributed by atoms with E-state index in [0.717, 1.165) is 54.9 Å². The normalized spacial score (nSPS) is 27.1. The fourth-order valence-electron chi connectivity index (χ4n) is 4.88. The van der Waals surface area contributed by atoms with E-state index in [1.807, 2.05) is 53.4 Å². The molecule has 2 N–H and O–H groups in total. The number of halogens is 1. The lowest BCUT2D eigenvalue weighted by Crippen LogP contribution is -2.59. The van der Waals surface area contributed by atoms with Gasteiger partial charge in [-0.25, -0.2) is 4.79 Å². The van der Waals surface area contributed by atoms with Gasteiger partial charge in [-0.15, -0.1) is 0 Å². The molecule has 1 aliphatic carbocycles. The molecule has 0 atom stereocenters. The summed E-state index contributed by atoms with van der Waals surface area (Å²) < 4.78 is 5.50. The van der Waals surface area contributed by atoms with Crippen LogP contribution < -0.4 is 5.73 Å². The molecule has 0 radical (unpaired) electrons. The number of nitrogens with zero attached hydrogens (tertiary/aromatic N) is 2. The van der Waals surface area contributed by atoms with Crippen molar-refractivity contribution in [2.75, 3.05) is 26.2 Å². The number of amides is 1. The van der Waals surface area contributed by atoms with E-state index in [1.54, 1.807) is 0 Å². The fraction of sp³-hybridized carbons (Fsp3) is 0.480. The third kappa shape index (κ3) is 5.05. The summed E-state index contributed by atoms with van der Waals surface area (Å²) >= 11 is 6.19. The number of piperazine rings is 1. The van der Waals surface area contributed by atoms with Crippen molar-refractivity contribution in [2.24, 2.45) is 5.73 Å². The highest BCUT2D eigenvalue weighted by molar-refractivity contribution is 6.30. The predicted octanol–water partition coefficient (Wildman–Crippen LogP) is 4.78. The number of rotatable bonds is 4. The maximum Gasteiger partial charge on any atom is 0.410 e. The minimum atomic E-state index is -0.312. The lowest BCUT2D eigenvalue weighted by atomic mass is 9.70. The highest BCUT2D eigenvalue weighted by Crippen LogP contribution is 2.42. The van der Waals surface area contributed by atoms with E-state index >= 15 is 0 Å². The molecular weight excluding hydrogens is 410 g/mol. The average molecular weight is 442 g/mol. The molecular formula is C25H32ClN3O2. The van der Waals surface area contributed by atoms with Gasteiger partial charge in [-0.3, -0.25) is 4.90 Å². The molecule has 5 nitrogen and oxygen atoms in total. The molecule has 1 saturated carbocycles. The van der Waals surface area contributed by atoms with Crippen LogP contribution in [0.4, 0.5) is 4.79 Å². The highest BCUT2D eigenvalue weighted by atomic mass is 35.5. The molecule has 0 unspecified atom stereocenters. The average Bonchev–Trinajstić information content (AvgIpc) is 2.80. The van der Waals surface area contributed by atoms with Crippen LogP contribution in [0.2, 0.25) is 5.02 Å². The molecule has 166 valence electrons. The van der Waals surface area contributed by atoms with Gasteiger partial charge in [0.15, 0.2) is 0 Å². The molecule has 31 heavy (non-hydrogen) atoms. The van der Waals surface area contributed by atoms with E-state index < -0.39 is 0 Å². The Morgan fingerprint density at radius 1 is 1.00 bits per heavy atom. The van der Waals surface area contributed by atoms with Crippen LogP contribution in [0.1, 0.15) is 43.7 Å². The number of carbonyl (C=O) groups is 1. The van der Waals surface area contributed by atoms with Crippen LogP contribution in [-0.4, -0.2) is 47.6 Å². The molecule has 2 aliphatic rings. The molecule has 0 spiro atoms. The van der Waals surface area contributed by atoms with Gasteiger partial charge in [-0.2, -0.15) is 0 Å². The molecule has 1 amide bonds. The lowest BCUT2D eigenvalue weighted by Gasteiger charge is -2.51. The molecule has 1 heterocycles. The third-order valence-electron chi connectivity index (χ3n) is 7.13. The summed E-state index contributed by atoms with van der Waals surface area (Å²) in [6.45, 7) is 5.79. The maximum atomic E-state index is 12.5. The molecule has 4 rings (SSSR count). The summed E-state index contributed by atoms with van der Waals surface area (Å²) in [5, 5.41) is 0.742. The zero-order chi connectivity index (χ0) is 21.9. The van der Waals surface area contributed by atoms with Gasteiger partial charge in [0.1, 0.15) is 6.61 Å². The second kappa shape index (κ2) is 9.19. The Hall–Kier alpha value is -2.08. The van der Waals surface area contributed by atoms with Crippen LogP contribution in [-0.2, 0) is 16.9 Å². The number of ether oxygens (including phenoxy) is 1. The Bertz CT molecular complexity index is 889. The number of carbonyl (C=O) groups excluding carboxylic acids is 1. The van der Waals surface area contributed by atoms with Gasteiger partial charge in [-0.1, -0.05) is 54.1 Å². The quantitative estimate of drug-likeness (QED) is 0.741. The van der Waals surface area contributed by atoms with Gasteiger partial charge < -0.3 is 15.4 Å². The second-order valence-corrected chi connectivity index (χ2v) is 9.61. The lowest BCUT2D eigenvalue weighted by molar-refractivity contribution is 0.00198. The van der Waals surface area contributed by atoms with E-state index in [0.29, 0.717) is 19.7 Å². The smallest absolute Gasteiger partial charge is 0.410 e. The van der Waals surface area contributed by atoms with Gasteiger partial charge in [-0.05, 0) is 55.9 Å². The first-order valence-corrected chi connectivity index (χ1v) is 11.5. The zero-order valence-corrected chi connectivity index (χ0v) is 19.0. The van der Waals surface area contributed by atoms with E-state index in [4.69, 9.17) is 22.1 Å². The van der Waals surface area contributed by atoms with Gasteiger partial charge in [0.25, 0.3) is 0 Å². The van der Waals surface area contributed by atoms with Gasteiger partial charge in [0, 0.05) is 42.3 Å². The molecule has 1 saturated heterocycles. The van der Waals surface area contributed by atoms with Crippen molar-refractivity contribution in [1.29, 1.82) is 0 Å². The summed E-state index contributed by atoms with van der Waals surface area (Å²) in [5.41, 5.74) is 8.74. The van der Waals surface area contributed by atoms with Crippen LogP contribution in [0.15, 0.2) is 54.6 Å². The zero-order valence-electron chi connectivity index (χ0n) is 18.2. The Balaban J connectivity index is 1.28. The van der Waals surface area contributed by atoms with Crippen molar-refractivity contribution in [3.63, 3.8) is 0 Å². The molecule has 0 aromatic heterocycles. The number of benzene rings is 2. The van der Waals surface area contributed by atoms with Crippen molar-refractivity contribution in [2.45, 2.75) is 50.3 Å². The summed E-state index contributed by atoms with van der Waals surface area (Å²) in [4.78, 5) is 16.8. The molecule has 6 heteroatoms. The summed E-state index contributed by atoms with van der Waals surface area (Å²) in [7, 11) is 0. The van der Waals surface area contributed by atoms with Gasteiger partial charge in [0.2, 0.25) is 0 Å². The standard InChI is InChI=1S/C25H32ClN3O2/c1-24(10-12-25(27,13-11-24)21-8-5-9-22(26)18-21)29-16-14-28(15-17-29)23(30)31-19-20-6-3-2-4-7-20/h2-9,18H,10-17,19,27H2,1H3. The first-order chi connectivity index (χ1) is 14.9. The number of hydrogen-bond donors (Lipinski definition) is 1. The van der Waals surface area contributed by atoms with Crippen LogP contribution in [0.25, 0.3) is 0 Å². The van der Waals surface area contributed by atoms with E-state index in [2.05, 4.69) is 17.9 Å². The monoisotopic (exact) mass is 441 g/mol. The predicted molar refractivity (Wildman–Crippen MR) is 124 cm³/mol. The number of nitrogens with two attached hydrogens (primary N) is 1. The van der Waals surface area contributed by atoms with E-state index in [9.17, 15) is 4.79 Å². The minimum absolute atomic E-state index is 0.113. The van der Waals surface area contributed by atoms with Gasteiger partial charge in [0.05, 0.1) is 0 Å². The van der Waals surface area contributed by atoms with Crippen molar-refractivity contribution >= 4 is 17.7 Å². The highest BCUT2D eigenvalue weighted by Gasteiger charge is 2.43. The Morgan fingerprint density at radius 3 is 2.32 bits per heavy atom.